The van der Waals surface area contributed by atoms with Crippen LogP contribution in [0.4, 0.5) is 0 Å². The molecular weight excluding hydrogens is 1190 g/mol. The minimum absolute atomic E-state index is 0.682. The maximum absolute atomic E-state index is 6.66. The molecule has 0 aromatic heterocycles. The first kappa shape index (κ1) is 80.9. The molecule has 0 amide bonds. The zero-order valence-corrected chi connectivity index (χ0v) is 70.5. The van der Waals surface area contributed by atoms with Crippen LogP contribution in [0.1, 0.15) is 25.7 Å². The Morgan fingerprint density at radius 1 is 0.378 bits per heavy atom. The summed E-state index contributed by atoms with van der Waals surface area (Å²) in [6.45, 7) is 72.1. The largest absolute Gasteiger partial charge is 0.500 e. The molecule has 0 aromatic rings. The summed E-state index contributed by atoms with van der Waals surface area (Å²) in [6.07, 6.45) is 5.23. The lowest BCUT2D eigenvalue weighted by molar-refractivity contribution is 0.124. The summed E-state index contributed by atoms with van der Waals surface area (Å²) in [4.78, 5) is 0. The highest BCUT2D eigenvalue weighted by Crippen LogP contribution is 2.31. The van der Waals surface area contributed by atoms with Crippen LogP contribution in [0.2, 0.25) is 234 Å². The van der Waals surface area contributed by atoms with Gasteiger partial charge in [0.15, 0.2) is 67.3 Å². The highest BCUT2D eigenvalue weighted by atomic mass is 28.5. The molecule has 2 aliphatic rings. The summed E-state index contributed by atoms with van der Waals surface area (Å²) in [5, 5.41) is 0. The first-order valence-corrected chi connectivity index (χ1v) is 72.1. The van der Waals surface area contributed by atoms with Gasteiger partial charge in [0.25, 0.3) is 0 Å². The Bertz CT molecular complexity index is 1460. The molecule has 2 saturated heterocycles. The molecule has 2 rings (SSSR count). The summed E-state index contributed by atoms with van der Waals surface area (Å²) in [7, 11) is -21.4. The molecule has 0 spiro atoms. The van der Waals surface area contributed by atoms with Gasteiger partial charge in [-0.1, -0.05) is 12.8 Å². The van der Waals surface area contributed by atoms with Crippen molar-refractivity contribution in [2.75, 3.05) is 34.5 Å². The van der Waals surface area contributed by atoms with E-state index in [4.69, 9.17) is 59.2 Å². The third kappa shape index (κ3) is 49.3. The molecular formula is C45H126O14Si15. The first-order chi connectivity index (χ1) is 32.4. The standard InChI is InChI=1S/C14H40O6Si5.C10H30O3Si4.C8H24O2Si3.C7H18O2Si2.C6H14OSi/c1-15-25(16-2,17-3)14-13-24(12,19-22(7,8)9)20-23(10,11)18-21(4,5)6;1-14(2,3)11-16(7,8)13-17(9,10)12-15(4,5)6;1-11(2,3)9-13(7,8)10-12(4,5)6;1-10-7-5-4-6-8-11(2,3)9-10;1-8(2)6-4-3-5-7-8/h13-14H2,1-12H3;1-10H3;1-8H3;10H,4-7H2,1-3H3;3-6H2,1-2H3. The molecule has 0 saturated carbocycles. The lowest BCUT2D eigenvalue weighted by Gasteiger charge is -2.42. The van der Waals surface area contributed by atoms with Crippen molar-refractivity contribution in [2.45, 2.75) is 259 Å². The van der Waals surface area contributed by atoms with Crippen LogP contribution >= 0.6 is 0 Å². The second-order valence-corrected chi connectivity index (χ2v) is 88.2. The van der Waals surface area contributed by atoms with Crippen LogP contribution in [0, 0.1) is 0 Å². The van der Waals surface area contributed by atoms with Crippen LogP contribution in [0.15, 0.2) is 0 Å². The molecule has 2 heterocycles. The van der Waals surface area contributed by atoms with Crippen molar-refractivity contribution in [1.29, 1.82) is 0 Å². The Morgan fingerprint density at radius 3 is 0.973 bits per heavy atom. The van der Waals surface area contributed by atoms with E-state index in [1.807, 2.05) is 0 Å². The maximum Gasteiger partial charge on any atom is 0.500 e. The minimum atomic E-state index is -2.65. The first-order valence-electron chi connectivity index (χ1n) is 27.6. The third-order valence-corrected chi connectivity index (χ3v) is 56.5. The van der Waals surface area contributed by atoms with Gasteiger partial charge in [0.1, 0.15) is 0 Å². The molecule has 0 N–H and O–H groups in total. The summed E-state index contributed by atoms with van der Waals surface area (Å²) >= 11 is 0. The number of hydrogen-bond donors (Lipinski definition) is 0. The van der Waals surface area contributed by atoms with Crippen LogP contribution in [-0.4, -0.2) is 162 Å². The van der Waals surface area contributed by atoms with Crippen LogP contribution < -0.4 is 0 Å². The average Bonchev–Trinajstić information content (AvgIpc) is 3.05. The zero-order valence-electron chi connectivity index (χ0n) is 55.4. The SMILES string of the molecule is CO[Si](CC[Si](C)(O[Si](C)(C)C)O[Si](C)(C)O[Si](C)(C)C)(OC)OC.C[SiH]1CCCCO[Si](C)(C)O1.C[Si](C)(C)O[Si](C)(C)O[Si](C)(C)C.C[Si](C)(C)O[Si](C)(C)O[Si](C)(C)O[Si](C)(C)C.C[Si]1(C)CCCCO1. The predicted molar refractivity (Wildman–Crippen MR) is 356 cm³/mol. The van der Waals surface area contributed by atoms with Crippen LogP contribution in [0.5, 0.6) is 0 Å². The van der Waals surface area contributed by atoms with Gasteiger partial charge < -0.3 is 59.2 Å². The lowest BCUT2D eigenvalue weighted by Crippen LogP contribution is -2.57. The maximum atomic E-state index is 6.66. The van der Waals surface area contributed by atoms with Gasteiger partial charge in [-0.05, 0) is 240 Å². The van der Waals surface area contributed by atoms with E-state index in [1.165, 1.54) is 37.8 Å². The third-order valence-electron chi connectivity index (χ3n) is 9.66. The van der Waals surface area contributed by atoms with Gasteiger partial charge in [-0.15, -0.1) is 0 Å². The van der Waals surface area contributed by atoms with Gasteiger partial charge in [0.05, 0.1) is 0 Å². The molecule has 2 unspecified atom stereocenters. The molecule has 14 nitrogen and oxygen atoms in total. The smallest absolute Gasteiger partial charge is 0.439 e. The topological polar surface area (TPSA) is 129 Å². The summed E-state index contributed by atoms with van der Waals surface area (Å²) in [5.74, 6) is 0. The fourth-order valence-electron chi connectivity index (χ4n) is 9.09. The van der Waals surface area contributed by atoms with E-state index >= 15 is 0 Å². The van der Waals surface area contributed by atoms with Crippen molar-refractivity contribution in [3.8, 4) is 0 Å². The fraction of sp³-hybridized carbons (Fsp3) is 1.00. The van der Waals surface area contributed by atoms with Gasteiger partial charge in [-0.2, -0.15) is 0 Å². The van der Waals surface area contributed by atoms with Crippen molar-refractivity contribution in [3.63, 3.8) is 0 Å². The molecule has 2 atom stereocenters. The van der Waals surface area contributed by atoms with E-state index in [-0.39, 0.29) is 0 Å². The quantitative estimate of drug-likeness (QED) is 0.0953. The normalized spacial score (nSPS) is 19.6. The Morgan fingerprint density at radius 2 is 0.689 bits per heavy atom. The molecule has 0 radical (unpaired) electrons. The molecule has 74 heavy (non-hydrogen) atoms. The van der Waals surface area contributed by atoms with Gasteiger partial charge in [0.2, 0.25) is 0 Å². The Labute approximate surface area is 477 Å². The van der Waals surface area contributed by atoms with Crippen LogP contribution in [0.25, 0.3) is 0 Å². The second kappa shape index (κ2) is 32.7. The number of hydrogen-bond acceptors (Lipinski definition) is 14. The Balaban J connectivity index is -0.000000897. The van der Waals surface area contributed by atoms with Crippen molar-refractivity contribution in [2.24, 2.45) is 0 Å². The minimum Gasteiger partial charge on any atom is -0.439 e. The fourth-order valence-corrected chi connectivity index (χ4v) is 68.4. The molecule has 450 valence electrons. The molecule has 0 aliphatic carbocycles. The molecule has 0 aromatic carbocycles. The van der Waals surface area contributed by atoms with Crippen molar-refractivity contribution in [1.82, 2.24) is 0 Å². The van der Waals surface area contributed by atoms with E-state index in [0.29, 0.717) is 6.04 Å². The zero-order chi connectivity index (χ0) is 59.5. The van der Waals surface area contributed by atoms with Crippen LogP contribution in [0.3, 0.4) is 0 Å². The monoisotopic (exact) mass is 1310 g/mol. The van der Waals surface area contributed by atoms with Gasteiger partial charge in [0, 0.05) is 40.6 Å². The summed E-state index contributed by atoms with van der Waals surface area (Å²) in [5.41, 5.74) is 0. The number of rotatable bonds is 22. The highest BCUT2D eigenvalue weighted by Gasteiger charge is 2.49. The van der Waals surface area contributed by atoms with E-state index in [9.17, 15) is 0 Å². The Kier molecular flexibility index (Phi) is 35.7. The average molecular weight is 1310 g/mol. The van der Waals surface area contributed by atoms with E-state index in [1.54, 1.807) is 21.3 Å². The highest BCUT2D eigenvalue weighted by molar-refractivity contribution is 6.91. The lowest BCUT2D eigenvalue weighted by atomic mass is 10.4. The van der Waals surface area contributed by atoms with Crippen molar-refractivity contribution in [3.05, 3.63) is 0 Å². The molecule has 2 aliphatic heterocycles. The molecule has 29 heteroatoms. The summed E-state index contributed by atoms with van der Waals surface area (Å²) < 4.78 is 84.5. The van der Waals surface area contributed by atoms with Gasteiger partial charge in [-0.25, -0.2) is 0 Å². The van der Waals surface area contributed by atoms with E-state index < -0.39 is 127 Å². The second-order valence-electron chi connectivity index (χ2n) is 28.8. The van der Waals surface area contributed by atoms with Gasteiger partial charge in [-0.3, -0.25) is 0 Å². The summed E-state index contributed by atoms with van der Waals surface area (Å²) in [6, 6.07) is 4.15. The van der Waals surface area contributed by atoms with E-state index in [2.05, 4.69) is 210 Å². The van der Waals surface area contributed by atoms with Gasteiger partial charge >= 0.3 is 60.2 Å². The van der Waals surface area contributed by atoms with Crippen molar-refractivity contribution >= 4 is 127 Å². The van der Waals surface area contributed by atoms with E-state index in [0.717, 1.165) is 19.3 Å². The predicted octanol–water partition coefficient (Wildman–Crippen LogP) is 15.7. The van der Waals surface area contributed by atoms with Crippen LogP contribution in [-0.2, 0) is 59.2 Å². The molecule has 2 fully saturated rings. The van der Waals surface area contributed by atoms with Crippen molar-refractivity contribution < 1.29 is 59.2 Å². The Hall–Kier alpha value is 2.69. The molecule has 0 bridgehead atoms.